The van der Waals surface area contributed by atoms with Gasteiger partial charge in [0.25, 0.3) is 0 Å². The lowest BCUT2D eigenvalue weighted by Crippen LogP contribution is -2.41. The Hall–Kier alpha value is -3.44. The second-order valence-corrected chi connectivity index (χ2v) is 7.57. The molecule has 3 aromatic rings. The van der Waals surface area contributed by atoms with E-state index < -0.39 is 24.3 Å². The molecule has 1 amide bonds. The number of halogens is 1. The van der Waals surface area contributed by atoms with E-state index in [1.54, 1.807) is 38.1 Å². The summed E-state index contributed by atoms with van der Waals surface area (Å²) in [5.74, 6) is 1.74. The van der Waals surface area contributed by atoms with E-state index in [-0.39, 0.29) is 12.6 Å². The topological polar surface area (TPSA) is 136 Å². The number of ether oxygens (including phenoxy) is 2. The number of hydrogen-bond acceptors (Lipinski definition) is 10. The van der Waals surface area contributed by atoms with Crippen LogP contribution >= 0.6 is 11.6 Å². The third-order valence-electron chi connectivity index (χ3n) is 4.92. The number of cyclic esters (lactones) is 1. The van der Waals surface area contributed by atoms with Crippen molar-refractivity contribution in [3.05, 3.63) is 41.4 Å². The number of amides is 1. The zero-order valence-corrected chi connectivity index (χ0v) is 18.3. The molecule has 0 unspecified atom stereocenters. The minimum Gasteiger partial charge on any atom is -0.495 e. The van der Waals surface area contributed by atoms with Crippen molar-refractivity contribution in [2.24, 2.45) is 0 Å². The standard InChI is InChI=1S/C20H21ClN6O5/c1-10(18-25-17(26-32-18)12-4-5-13(21)15(8-12)30-3)23-19-22-7-6-16(24-19)27-14(11(2)28)9-31-20(27)29/h4-8,10-11,14,28H,9H2,1-3H3,(H,22,23,24)/t10-,11-,14-/m1/s1. The van der Waals surface area contributed by atoms with E-state index in [4.69, 9.17) is 25.6 Å². The molecule has 1 fully saturated rings. The highest BCUT2D eigenvalue weighted by atomic mass is 35.5. The molecule has 0 aliphatic carbocycles. The third kappa shape index (κ3) is 4.30. The van der Waals surface area contributed by atoms with Gasteiger partial charge in [-0.3, -0.25) is 4.90 Å². The predicted molar refractivity (Wildman–Crippen MR) is 115 cm³/mol. The Morgan fingerprint density at radius 1 is 1.31 bits per heavy atom. The Morgan fingerprint density at radius 3 is 2.88 bits per heavy atom. The Bertz CT molecular complexity index is 1120. The fraction of sp³-hybridized carbons (Fsp3) is 0.350. The van der Waals surface area contributed by atoms with Crippen LogP contribution in [-0.4, -0.2) is 57.2 Å². The molecule has 32 heavy (non-hydrogen) atoms. The average Bonchev–Trinajstić information content (AvgIpc) is 3.41. The van der Waals surface area contributed by atoms with Gasteiger partial charge < -0.3 is 24.4 Å². The molecule has 1 aromatic carbocycles. The summed E-state index contributed by atoms with van der Waals surface area (Å²) in [7, 11) is 1.53. The molecule has 1 aliphatic heterocycles. The molecule has 11 nitrogen and oxygen atoms in total. The minimum absolute atomic E-state index is 0.0832. The fourth-order valence-electron chi connectivity index (χ4n) is 3.19. The second kappa shape index (κ2) is 8.97. The van der Waals surface area contributed by atoms with Crippen LogP contribution in [0.25, 0.3) is 11.4 Å². The van der Waals surface area contributed by atoms with Gasteiger partial charge in [-0.15, -0.1) is 0 Å². The zero-order chi connectivity index (χ0) is 22.8. The lowest BCUT2D eigenvalue weighted by Gasteiger charge is -2.22. The fourth-order valence-corrected chi connectivity index (χ4v) is 3.38. The number of nitrogens with zero attached hydrogens (tertiary/aromatic N) is 5. The summed E-state index contributed by atoms with van der Waals surface area (Å²) in [6.45, 7) is 3.48. The largest absolute Gasteiger partial charge is 0.495 e. The molecule has 0 spiro atoms. The Morgan fingerprint density at radius 2 is 2.12 bits per heavy atom. The highest BCUT2D eigenvalue weighted by Crippen LogP contribution is 2.30. The summed E-state index contributed by atoms with van der Waals surface area (Å²) in [6.07, 6.45) is 0.144. The van der Waals surface area contributed by atoms with E-state index >= 15 is 0 Å². The number of anilines is 2. The first kappa shape index (κ1) is 21.8. The summed E-state index contributed by atoms with van der Waals surface area (Å²) in [5.41, 5.74) is 0.684. The molecule has 3 atom stereocenters. The van der Waals surface area contributed by atoms with E-state index in [0.717, 1.165) is 0 Å². The van der Waals surface area contributed by atoms with Crippen LogP contribution in [0.4, 0.5) is 16.6 Å². The predicted octanol–water partition coefficient (Wildman–Crippen LogP) is 3.07. The van der Waals surface area contributed by atoms with Crippen LogP contribution in [0.15, 0.2) is 35.0 Å². The molecule has 1 aliphatic rings. The molecule has 2 N–H and O–H groups in total. The number of aliphatic hydroxyl groups excluding tert-OH is 1. The number of nitrogens with one attached hydrogen (secondary N) is 1. The van der Waals surface area contributed by atoms with Gasteiger partial charge in [-0.1, -0.05) is 16.8 Å². The van der Waals surface area contributed by atoms with Gasteiger partial charge in [-0.2, -0.15) is 9.97 Å². The number of rotatable bonds is 7. The first-order valence-corrected chi connectivity index (χ1v) is 10.2. The number of carbonyl (C=O) groups is 1. The Labute approximate surface area is 188 Å². The zero-order valence-electron chi connectivity index (χ0n) is 17.5. The van der Waals surface area contributed by atoms with Gasteiger partial charge in [0, 0.05) is 11.8 Å². The van der Waals surface area contributed by atoms with Crippen molar-refractivity contribution in [3.63, 3.8) is 0 Å². The lowest BCUT2D eigenvalue weighted by atomic mass is 10.2. The maximum atomic E-state index is 12.1. The highest BCUT2D eigenvalue weighted by molar-refractivity contribution is 6.32. The molecule has 2 aromatic heterocycles. The average molecular weight is 461 g/mol. The van der Waals surface area contributed by atoms with Crippen molar-refractivity contribution in [2.75, 3.05) is 23.9 Å². The summed E-state index contributed by atoms with van der Waals surface area (Å²) in [4.78, 5) is 26.4. The SMILES string of the molecule is COc1cc(-c2noc([C@@H](C)Nc3nccc(N4C(=O)OC[C@@H]4[C@@H](C)O)n3)n2)ccc1Cl. The van der Waals surface area contributed by atoms with Crippen LogP contribution in [0.2, 0.25) is 5.02 Å². The molecule has 3 heterocycles. The van der Waals surface area contributed by atoms with Crippen LogP contribution in [0.1, 0.15) is 25.8 Å². The number of hydrogen-bond donors (Lipinski definition) is 2. The quantitative estimate of drug-likeness (QED) is 0.541. The third-order valence-corrected chi connectivity index (χ3v) is 5.23. The van der Waals surface area contributed by atoms with Crippen LogP contribution in [-0.2, 0) is 4.74 Å². The molecule has 12 heteroatoms. The van der Waals surface area contributed by atoms with Crippen LogP contribution in [0.3, 0.4) is 0 Å². The molecule has 4 rings (SSSR count). The van der Waals surface area contributed by atoms with E-state index in [0.29, 0.717) is 33.9 Å². The molecule has 1 saturated heterocycles. The molecule has 0 bridgehead atoms. The van der Waals surface area contributed by atoms with Crippen LogP contribution < -0.4 is 15.0 Å². The normalized spacial score (nSPS) is 17.7. The van der Waals surface area contributed by atoms with Crippen molar-refractivity contribution in [1.29, 1.82) is 0 Å². The van der Waals surface area contributed by atoms with E-state index in [1.807, 2.05) is 0 Å². The van der Waals surface area contributed by atoms with Gasteiger partial charge in [0.15, 0.2) is 0 Å². The maximum absolute atomic E-state index is 12.1. The lowest BCUT2D eigenvalue weighted by molar-refractivity contribution is 0.142. The Balaban J connectivity index is 1.51. The summed E-state index contributed by atoms with van der Waals surface area (Å²) in [6, 6.07) is 5.77. The van der Waals surface area contributed by atoms with E-state index in [9.17, 15) is 9.90 Å². The minimum atomic E-state index is -0.782. The molecule has 168 valence electrons. The molecular formula is C20H21ClN6O5. The number of carbonyl (C=O) groups excluding carboxylic acids is 1. The molecule has 0 radical (unpaired) electrons. The number of aliphatic hydroxyl groups is 1. The van der Waals surface area contributed by atoms with Gasteiger partial charge in [0.2, 0.25) is 17.7 Å². The summed E-state index contributed by atoms with van der Waals surface area (Å²) < 4.78 is 15.7. The van der Waals surface area contributed by atoms with Gasteiger partial charge >= 0.3 is 6.09 Å². The van der Waals surface area contributed by atoms with Gasteiger partial charge in [0.1, 0.15) is 30.3 Å². The van der Waals surface area contributed by atoms with Crippen molar-refractivity contribution < 1.29 is 23.9 Å². The Kier molecular flexibility index (Phi) is 6.10. The van der Waals surface area contributed by atoms with Crippen molar-refractivity contribution in [1.82, 2.24) is 20.1 Å². The van der Waals surface area contributed by atoms with Crippen molar-refractivity contribution in [2.45, 2.75) is 32.0 Å². The van der Waals surface area contributed by atoms with Crippen LogP contribution in [0, 0.1) is 0 Å². The maximum Gasteiger partial charge on any atom is 0.416 e. The van der Waals surface area contributed by atoms with Gasteiger partial charge in [-0.05, 0) is 38.1 Å². The first-order chi connectivity index (χ1) is 15.4. The number of benzene rings is 1. The second-order valence-electron chi connectivity index (χ2n) is 7.16. The van der Waals surface area contributed by atoms with Crippen LogP contribution in [0.5, 0.6) is 5.75 Å². The molecule has 0 saturated carbocycles. The molecular weight excluding hydrogens is 440 g/mol. The van der Waals surface area contributed by atoms with Crippen molar-refractivity contribution in [3.8, 4) is 17.1 Å². The van der Waals surface area contributed by atoms with Crippen molar-refractivity contribution >= 4 is 29.5 Å². The number of methoxy groups -OCH3 is 1. The highest BCUT2D eigenvalue weighted by Gasteiger charge is 2.38. The summed E-state index contributed by atoms with van der Waals surface area (Å²) >= 11 is 6.07. The van der Waals surface area contributed by atoms with E-state index in [1.165, 1.54) is 18.2 Å². The van der Waals surface area contributed by atoms with E-state index in [2.05, 4.69) is 25.4 Å². The number of aromatic nitrogens is 4. The van der Waals surface area contributed by atoms with Gasteiger partial charge in [-0.25, -0.2) is 9.78 Å². The summed E-state index contributed by atoms with van der Waals surface area (Å²) in [5, 5.41) is 17.5. The van der Waals surface area contributed by atoms with Gasteiger partial charge in [0.05, 0.1) is 18.2 Å². The smallest absolute Gasteiger partial charge is 0.416 e. The monoisotopic (exact) mass is 460 g/mol. The first-order valence-electron chi connectivity index (χ1n) is 9.78.